The number of nitrogens with zero attached hydrogens (tertiary/aromatic N) is 2. The predicted molar refractivity (Wildman–Crippen MR) is 78.1 cm³/mol. The van der Waals surface area contributed by atoms with Crippen molar-refractivity contribution in [2.45, 2.75) is 45.3 Å². The molecule has 2 rings (SSSR count). The molecule has 0 radical (unpaired) electrons. The van der Waals surface area contributed by atoms with Gasteiger partial charge in [0.15, 0.2) is 0 Å². The molecule has 0 saturated carbocycles. The number of carbonyl (C=O) groups is 1. The lowest BCUT2D eigenvalue weighted by molar-refractivity contribution is -0.165. The molecule has 5 nitrogen and oxygen atoms in total. The van der Waals surface area contributed by atoms with E-state index in [1.807, 2.05) is 6.92 Å². The van der Waals surface area contributed by atoms with E-state index in [9.17, 15) is 4.79 Å². The molecule has 0 spiro atoms. The van der Waals surface area contributed by atoms with Crippen molar-refractivity contribution in [3.63, 3.8) is 0 Å². The number of hydrogen-bond donors (Lipinski definition) is 1. The number of thiazole rings is 1. The Hall–Kier alpha value is -0.980. The van der Waals surface area contributed by atoms with Gasteiger partial charge in [0.05, 0.1) is 16.3 Å². The molecule has 0 bridgehead atoms. The minimum absolute atomic E-state index is 0.0942. The van der Waals surface area contributed by atoms with Crippen molar-refractivity contribution < 1.29 is 14.6 Å². The Kier molecular flexibility index (Phi) is 4.18. The van der Waals surface area contributed by atoms with E-state index in [1.54, 1.807) is 11.3 Å². The average Bonchev–Trinajstić information content (AvgIpc) is 2.72. The van der Waals surface area contributed by atoms with Crippen molar-refractivity contribution in [1.29, 1.82) is 0 Å². The highest BCUT2D eigenvalue weighted by Gasteiger charge is 2.40. The van der Waals surface area contributed by atoms with Gasteiger partial charge < -0.3 is 9.84 Å². The summed E-state index contributed by atoms with van der Waals surface area (Å²) in [6, 6.07) is 0. The highest BCUT2D eigenvalue weighted by Crippen LogP contribution is 2.29. The molecule has 1 aromatic heterocycles. The molecule has 1 fully saturated rings. The Balaban J connectivity index is 1.82. The predicted octanol–water partition coefficient (Wildman–Crippen LogP) is 2.12. The molecule has 1 N–H and O–H groups in total. The van der Waals surface area contributed by atoms with Crippen molar-refractivity contribution in [1.82, 2.24) is 9.88 Å². The second-order valence-electron chi connectivity index (χ2n) is 6.67. The Bertz CT molecular complexity index is 487. The molecule has 0 unspecified atom stereocenters. The zero-order valence-corrected chi connectivity index (χ0v) is 13.3. The van der Waals surface area contributed by atoms with Gasteiger partial charge in [0.1, 0.15) is 6.61 Å². The lowest BCUT2D eigenvalue weighted by atomic mass is 9.96. The van der Waals surface area contributed by atoms with E-state index < -0.39 is 5.97 Å². The van der Waals surface area contributed by atoms with Crippen molar-refractivity contribution in [3.8, 4) is 0 Å². The fourth-order valence-electron chi connectivity index (χ4n) is 2.29. The number of rotatable bonds is 5. The van der Waals surface area contributed by atoms with E-state index >= 15 is 0 Å². The Morgan fingerprint density at radius 3 is 2.70 bits per heavy atom. The van der Waals surface area contributed by atoms with Crippen LogP contribution in [0.4, 0.5) is 0 Å². The molecule has 6 heteroatoms. The van der Waals surface area contributed by atoms with Crippen LogP contribution in [-0.4, -0.2) is 46.3 Å². The van der Waals surface area contributed by atoms with Crippen molar-refractivity contribution in [2.75, 3.05) is 19.7 Å². The highest BCUT2D eigenvalue weighted by molar-refractivity contribution is 7.09. The Labute approximate surface area is 123 Å². The van der Waals surface area contributed by atoms with Gasteiger partial charge in [0.2, 0.25) is 0 Å². The molecule has 2 heterocycles. The molecule has 1 aromatic rings. The minimum Gasteiger partial charge on any atom is -0.480 e. The van der Waals surface area contributed by atoms with E-state index in [2.05, 4.69) is 36.0 Å². The maximum atomic E-state index is 10.5. The van der Waals surface area contributed by atoms with E-state index in [1.165, 1.54) is 0 Å². The van der Waals surface area contributed by atoms with E-state index in [4.69, 9.17) is 9.84 Å². The SMILES string of the molecule is CC1(OCC(=O)O)CN(Cc2csc(C(C)(C)C)n2)C1. The number of hydrogen-bond acceptors (Lipinski definition) is 5. The number of aromatic nitrogens is 1. The van der Waals surface area contributed by atoms with Crippen LogP contribution < -0.4 is 0 Å². The van der Waals surface area contributed by atoms with Gasteiger partial charge in [-0.1, -0.05) is 20.8 Å². The first-order valence-electron chi connectivity index (χ1n) is 6.71. The van der Waals surface area contributed by atoms with Crippen molar-refractivity contribution in [3.05, 3.63) is 16.1 Å². The van der Waals surface area contributed by atoms with Crippen LogP contribution in [0.1, 0.15) is 38.4 Å². The number of likely N-dealkylation sites (tertiary alicyclic amines) is 1. The maximum absolute atomic E-state index is 10.5. The van der Waals surface area contributed by atoms with Gasteiger partial charge in [-0.2, -0.15) is 0 Å². The third kappa shape index (κ3) is 3.77. The van der Waals surface area contributed by atoms with Gasteiger partial charge in [0, 0.05) is 30.4 Å². The molecule has 0 aliphatic carbocycles. The van der Waals surface area contributed by atoms with Gasteiger partial charge in [-0.3, -0.25) is 4.90 Å². The van der Waals surface area contributed by atoms with Crippen LogP contribution in [0.5, 0.6) is 0 Å². The summed E-state index contributed by atoms with van der Waals surface area (Å²) in [6.07, 6.45) is 0. The zero-order valence-electron chi connectivity index (χ0n) is 12.5. The van der Waals surface area contributed by atoms with Crippen LogP contribution in [-0.2, 0) is 21.5 Å². The highest BCUT2D eigenvalue weighted by atomic mass is 32.1. The fourth-order valence-corrected chi connectivity index (χ4v) is 3.19. The molecule has 0 amide bonds. The Morgan fingerprint density at radius 2 is 2.20 bits per heavy atom. The third-order valence-corrected chi connectivity index (χ3v) is 4.56. The van der Waals surface area contributed by atoms with Crippen LogP contribution in [0, 0.1) is 0 Å². The maximum Gasteiger partial charge on any atom is 0.329 e. The fraction of sp³-hybridized carbons (Fsp3) is 0.714. The first-order chi connectivity index (χ1) is 9.18. The first kappa shape index (κ1) is 15.4. The van der Waals surface area contributed by atoms with Crippen LogP contribution >= 0.6 is 11.3 Å². The quantitative estimate of drug-likeness (QED) is 0.902. The topological polar surface area (TPSA) is 62.7 Å². The van der Waals surface area contributed by atoms with E-state index in [0.29, 0.717) is 0 Å². The molecule has 0 atom stereocenters. The lowest BCUT2D eigenvalue weighted by Crippen LogP contribution is -2.61. The molecule has 112 valence electrons. The molecular formula is C14H22N2O3S. The summed E-state index contributed by atoms with van der Waals surface area (Å²) in [5.41, 5.74) is 0.846. The summed E-state index contributed by atoms with van der Waals surface area (Å²) in [4.78, 5) is 17.4. The number of ether oxygens (including phenoxy) is 1. The van der Waals surface area contributed by atoms with E-state index in [-0.39, 0.29) is 17.6 Å². The Morgan fingerprint density at radius 1 is 1.55 bits per heavy atom. The summed E-state index contributed by atoms with van der Waals surface area (Å²) >= 11 is 1.70. The van der Waals surface area contributed by atoms with Crippen LogP contribution in [0.2, 0.25) is 0 Å². The second kappa shape index (κ2) is 5.42. The average molecular weight is 298 g/mol. The second-order valence-corrected chi connectivity index (χ2v) is 7.53. The molecule has 20 heavy (non-hydrogen) atoms. The standard InChI is InChI=1S/C14H22N2O3S/c1-13(2,3)12-15-10(7-20-12)5-16-8-14(4,9-16)19-6-11(17)18/h7H,5-6,8-9H2,1-4H3,(H,17,18). The number of carboxylic acid groups (broad SMARTS) is 1. The smallest absolute Gasteiger partial charge is 0.329 e. The lowest BCUT2D eigenvalue weighted by Gasteiger charge is -2.47. The number of carboxylic acids is 1. The zero-order chi connectivity index (χ0) is 15.0. The van der Waals surface area contributed by atoms with Crippen LogP contribution in [0.15, 0.2) is 5.38 Å². The summed E-state index contributed by atoms with van der Waals surface area (Å²) in [7, 11) is 0. The molecule has 1 aliphatic heterocycles. The van der Waals surface area contributed by atoms with Crippen molar-refractivity contribution in [2.24, 2.45) is 0 Å². The summed E-state index contributed by atoms with van der Waals surface area (Å²) in [5.74, 6) is -0.918. The van der Waals surface area contributed by atoms with Gasteiger partial charge >= 0.3 is 5.97 Å². The van der Waals surface area contributed by atoms with E-state index in [0.717, 1.165) is 30.3 Å². The van der Waals surface area contributed by atoms with Crippen LogP contribution in [0.25, 0.3) is 0 Å². The van der Waals surface area contributed by atoms with Crippen LogP contribution in [0.3, 0.4) is 0 Å². The summed E-state index contributed by atoms with van der Waals surface area (Å²) < 4.78 is 5.40. The summed E-state index contributed by atoms with van der Waals surface area (Å²) in [5, 5.41) is 11.9. The molecule has 1 saturated heterocycles. The normalized spacial score (nSPS) is 18.8. The number of aliphatic carboxylic acids is 1. The van der Waals surface area contributed by atoms with Gasteiger partial charge in [0.25, 0.3) is 0 Å². The van der Waals surface area contributed by atoms with Gasteiger partial charge in [-0.05, 0) is 6.92 Å². The first-order valence-corrected chi connectivity index (χ1v) is 7.59. The summed E-state index contributed by atoms with van der Waals surface area (Å²) in [6.45, 7) is 10.5. The molecular weight excluding hydrogens is 276 g/mol. The van der Waals surface area contributed by atoms with Crippen molar-refractivity contribution >= 4 is 17.3 Å². The van der Waals surface area contributed by atoms with Gasteiger partial charge in [-0.25, -0.2) is 9.78 Å². The monoisotopic (exact) mass is 298 g/mol. The molecule has 1 aliphatic rings. The van der Waals surface area contributed by atoms with Gasteiger partial charge in [-0.15, -0.1) is 11.3 Å². The largest absolute Gasteiger partial charge is 0.480 e. The third-order valence-electron chi connectivity index (χ3n) is 3.24. The minimum atomic E-state index is -0.918. The molecule has 0 aromatic carbocycles.